The number of nitrogens with two attached hydrogens (primary N) is 1. The summed E-state index contributed by atoms with van der Waals surface area (Å²) in [6, 6.07) is 7.95. The van der Waals surface area contributed by atoms with Crippen molar-refractivity contribution in [3.8, 4) is 0 Å². The summed E-state index contributed by atoms with van der Waals surface area (Å²) in [6.07, 6.45) is 0. The van der Waals surface area contributed by atoms with Gasteiger partial charge in [0.2, 0.25) is 0 Å². The SMILES string of the molecule is CC1CN(c2ccc(C(=N)N)cc2)CCS1. The minimum absolute atomic E-state index is 0.133. The van der Waals surface area contributed by atoms with Crippen LogP contribution >= 0.6 is 11.8 Å². The highest BCUT2D eigenvalue weighted by Gasteiger charge is 2.16. The fraction of sp³-hybridized carbons (Fsp3) is 0.417. The Morgan fingerprint density at radius 1 is 1.44 bits per heavy atom. The lowest BCUT2D eigenvalue weighted by Gasteiger charge is -2.32. The highest BCUT2D eigenvalue weighted by molar-refractivity contribution is 8.00. The van der Waals surface area contributed by atoms with Crippen LogP contribution in [0.1, 0.15) is 12.5 Å². The van der Waals surface area contributed by atoms with Crippen LogP contribution in [-0.4, -0.2) is 29.9 Å². The molecule has 86 valence electrons. The topological polar surface area (TPSA) is 53.1 Å². The first-order valence-electron chi connectivity index (χ1n) is 5.48. The van der Waals surface area contributed by atoms with Crippen LogP contribution in [0, 0.1) is 5.41 Å². The number of hydrogen-bond donors (Lipinski definition) is 2. The second kappa shape index (κ2) is 4.78. The number of amidine groups is 1. The van der Waals surface area contributed by atoms with Crippen molar-refractivity contribution in [1.82, 2.24) is 0 Å². The normalized spacial score (nSPS) is 20.8. The molecular formula is C12H17N3S. The van der Waals surface area contributed by atoms with Crippen LogP contribution < -0.4 is 10.6 Å². The molecule has 1 aromatic rings. The van der Waals surface area contributed by atoms with Gasteiger partial charge in [-0.2, -0.15) is 11.8 Å². The van der Waals surface area contributed by atoms with E-state index in [1.165, 1.54) is 11.4 Å². The van der Waals surface area contributed by atoms with Gasteiger partial charge >= 0.3 is 0 Å². The fourth-order valence-electron chi connectivity index (χ4n) is 1.90. The summed E-state index contributed by atoms with van der Waals surface area (Å²) in [5.74, 6) is 1.32. The Morgan fingerprint density at radius 3 is 2.69 bits per heavy atom. The van der Waals surface area contributed by atoms with Crippen molar-refractivity contribution in [3.05, 3.63) is 29.8 Å². The van der Waals surface area contributed by atoms with Crippen LogP contribution in [0.15, 0.2) is 24.3 Å². The molecule has 1 aliphatic rings. The number of nitrogens with one attached hydrogen (secondary N) is 1. The molecule has 1 unspecified atom stereocenters. The van der Waals surface area contributed by atoms with E-state index in [1.54, 1.807) is 0 Å². The highest BCUT2D eigenvalue weighted by Crippen LogP contribution is 2.23. The van der Waals surface area contributed by atoms with Crippen LogP contribution in [0.3, 0.4) is 0 Å². The average molecular weight is 235 g/mol. The van der Waals surface area contributed by atoms with Crippen LogP contribution in [0.25, 0.3) is 0 Å². The quantitative estimate of drug-likeness (QED) is 0.608. The van der Waals surface area contributed by atoms with Crippen molar-refractivity contribution >= 4 is 23.3 Å². The molecule has 16 heavy (non-hydrogen) atoms. The van der Waals surface area contributed by atoms with Gasteiger partial charge in [0.25, 0.3) is 0 Å². The fourth-order valence-corrected chi connectivity index (χ4v) is 2.92. The number of nitrogens with zero attached hydrogens (tertiary/aromatic N) is 1. The third-order valence-electron chi connectivity index (χ3n) is 2.78. The maximum Gasteiger partial charge on any atom is 0.122 e. The van der Waals surface area contributed by atoms with Crippen LogP contribution in [-0.2, 0) is 0 Å². The molecule has 3 N–H and O–H groups in total. The third-order valence-corrected chi connectivity index (χ3v) is 3.92. The second-order valence-corrected chi connectivity index (χ2v) is 5.63. The summed E-state index contributed by atoms with van der Waals surface area (Å²) in [5.41, 5.74) is 7.46. The van der Waals surface area contributed by atoms with Gasteiger partial charge in [0.15, 0.2) is 0 Å². The Balaban J connectivity index is 2.11. The molecule has 4 heteroatoms. The van der Waals surface area contributed by atoms with E-state index < -0.39 is 0 Å². The van der Waals surface area contributed by atoms with E-state index in [1.807, 2.05) is 23.9 Å². The van der Waals surface area contributed by atoms with Gasteiger partial charge < -0.3 is 10.6 Å². The van der Waals surface area contributed by atoms with Crippen molar-refractivity contribution in [2.24, 2.45) is 5.73 Å². The zero-order valence-corrected chi connectivity index (χ0v) is 10.3. The zero-order chi connectivity index (χ0) is 11.5. The number of thioether (sulfide) groups is 1. The van der Waals surface area contributed by atoms with Crippen LogP contribution in [0.5, 0.6) is 0 Å². The van der Waals surface area contributed by atoms with Crippen LogP contribution in [0.4, 0.5) is 5.69 Å². The lowest BCUT2D eigenvalue weighted by atomic mass is 10.2. The summed E-state index contributed by atoms with van der Waals surface area (Å²) in [7, 11) is 0. The Kier molecular flexibility index (Phi) is 3.39. The molecule has 1 atom stereocenters. The van der Waals surface area contributed by atoms with E-state index in [0.29, 0.717) is 5.25 Å². The average Bonchev–Trinajstić information content (AvgIpc) is 2.29. The van der Waals surface area contributed by atoms with E-state index in [9.17, 15) is 0 Å². The van der Waals surface area contributed by atoms with E-state index in [-0.39, 0.29) is 5.84 Å². The lowest BCUT2D eigenvalue weighted by Crippen LogP contribution is -2.36. The summed E-state index contributed by atoms with van der Waals surface area (Å²) >= 11 is 2.03. The lowest BCUT2D eigenvalue weighted by molar-refractivity contribution is 0.783. The molecule has 1 heterocycles. The third kappa shape index (κ3) is 2.50. The molecule has 0 spiro atoms. The van der Waals surface area contributed by atoms with Gasteiger partial charge in [0.1, 0.15) is 5.84 Å². The van der Waals surface area contributed by atoms with E-state index in [0.717, 1.165) is 18.7 Å². The molecule has 0 amide bonds. The maximum absolute atomic E-state index is 7.34. The van der Waals surface area contributed by atoms with Gasteiger partial charge in [0.05, 0.1) is 0 Å². The molecule has 0 radical (unpaired) electrons. The molecule has 0 aliphatic carbocycles. The Labute approximate surface area is 101 Å². The van der Waals surface area contributed by atoms with Crippen molar-refractivity contribution in [1.29, 1.82) is 5.41 Å². The van der Waals surface area contributed by atoms with Crippen molar-refractivity contribution in [2.75, 3.05) is 23.7 Å². The van der Waals surface area contributed by atoms with E-state index >= 15 is 0 Å². The second-order valence-electron chi connectivity index (χ2n) is 4.09. The molecule has 0 bridgehead atoms. The molecule has 1 fully saturated rings. The molecule has 0 saturated carbocycles. The first-order chi connectivity index (χ1) is 7.66. The summed E-state index contributed by atoms with van der Waals surface area (Å²) in [6.45, 7) is 4.47. The first-order valence-corrected chi connectivity index (χ1v) is 6.52. The molecule has 0 aromatic heterocycles. The van der Waals surface area contributed by atoms with Gasteiger partial charge in [-0.05, 0) is 24.3 Å². The van der Waals surface area contributed by atoms with Gasteiger partial charge in [0, 0.05) is 35.3 Å². The minimum Gasteiger partial charge on any atom is -0.384 e. The van der Waals surface area contributed by atoms with E-state index in [2.05, 4.69) is 24.0 Å². The monoisotopic (exact) mass is 235 g/mol. The van der Waals surface area contributed by atoms with Gasteiger partial charge in [-0.1, -0.05) is 6.92 Å². The highest BCUT2D eigenvalue weighted by atomic mass is 32.2. The Morgan fingerprint density at radius 2 is 2.12 bits per heavy atom. The van der Waals surface area contributed by atoms with Gasteiger partial charge in [-0.3, -0.25) is 5.41 Å². The molecule has 1 aliphatic heterocycles. The molecule has 1 saturated heterocycles. The Hall–Kier alpha value is -1.16. The first kappa shape index (κ1) is 11.3. The van der Waals surface area contributed by atoms with Crippen molar-refractivity contribution < 1.29 is 0 Å². The minimum atomic E-state index is 0.133. The molecule has 3 nitrogen and oxygen atoms in total. The zero-order valence-electron chi connectivity index (χ0n) is 9.44. The number of hydrogen-bond acceptors (Lipinski definition) is 3. The van der Waals surface area contributed by atoms with Crippen LogP contribution in [0.2, 0.25) is 0 Å². The number of nitrogen functional groups attached to an aromatic ring is 1. The number of benzene rings is 1. The maximum atomic E-state index is 7.34. The standard InChI is InChI=1S/C12H17N3S/c1-9-8-15(6-7-16-9)11-4-2-10(3-5-11)12(13)14/h2-5,9H,6-8H2,1H3,(H3,13,14). The smallest absolute Gasteiger partial charge is 0.122 e. The summed E-state index contributed by atoms with van der Waals surface area (Å²) < 4.78 is 0. The van der Waals surface area contributed by atoms with Gasteiger partial charge in [-0.15, -0.1) is 0 Å². The van der Waals surface area contributed by atoms with E-state index in [4.69, 9.17) is 11.1 Å². The largest absolute Gasteiger partial charge is 0.384 e. The van der Waals surface area contributed by atoms with Crippen molar-refractivity contribution in [3.63, 3.8) is 0 Å². The van der Waals surface area contributed by atoms with Gasteiger partial charge in [-0.25, -0.2) is 0 Å². The summed E-state index contributed by atoms with van der Waals surface area (Å²) in [5, 5.41) is 8.04. The molecule has 2 rings (SSSR count). The predicted octanol–water partition coefficient (Wildman–Crippen LogP) is 1.91. The molecule has 1 aromatic carbocycles. The number of anilines is 1. The number of rotatable bonds is 2. The molecular weight excluding hydrogens is 218 g/mol. The predicted molar refractivity (Wildman–Crippen MR) is 71.6 cm³/mol. The Bertz CT molecular complexity index is 374. The summed E-state index contributed by atoms with van der Waals surface area (Å²) in [4.78, 5) is 2.39. The van der Waals surface area contributed by atoms with Crippen molar-refractivity contribution in [2.45, 2.75) is 12.2 Å².